The second kappa shape index (κ2) is 13.2. The Bertz CT molecular complexity index is 1190. The number of ether oxygens (including phenoxy) is 2. The van der Waals surface area contributed by atoms with E-state index in [0.717, 1.165) is 48.2 Å². The number of hydrogen-bond donors (Lipinski definition) is 4. The zero-order valence-corrected chi connectivity index (χ0v) is 22.0. The molecule has 0 spiro atoms. The number of anilines is 1. The van der Waals surface area contributed by atoms with E-state index in [0.29, 0.717) is 18.7 Å². The molecule has 2 heterocycles. The summed E-state index contributed by atoms with van der Waals surface area (Å²) in [5.74, 6) is 0. The number of aliphatic hydroxyl groups is 2. The first-order chi connectivity index (χ1) is 19.1. The zero-order chi connectivity index (χ0) is 27.0. The summed E-state index contributed by atoms with van der Waals surface area (Å²) in [6.45, 7) is 2.30. The minimum absolute atomic E-state index is 0.00232. The van der Waals surface area contributed by atoms with Gasteiger partial charge >= 0.3 is 6.03 Å². The van der Waals surface area contributed by atoms with Gasteiger partial charge in [-0.15, -0.1) is 0 Å². The summed E-state index contributed by atoms with van der Waals surface area (Å²) in [7, 11) is 0. The standard InChI is InChI=1S/C31H37N3O5/c35-20-23-8-10-24(11-9-23)29-17-28(19-34-16-4-7-27(34)21-36)38-30(39-29)25-12-14-26(15-13-25)33-31(37)32-18-22-5-2-1-3-6-22/h1-3,5-6,8-15,27-30,35-36H,4,7,16-21H2,(H2,32,33,37)/t27-,28-,29+,30+/m0/s1. The predicted molar refractivity (Wildman–Crippen MR) is 149 cm³/mol. The van der Waals surface area contributed by atoms with Crippen molar-refractivity contribution in [3.05, 3.63) is 101 Å². The number of nitrogens with one attached hydrogen (secondary N) is 2. The van der Waals surface area contributed by atoms with Gasteiger partial charge in [0.15, 0.2) is 6.29 Å². The fourth-order valence-corrected chi connectivity index (χ4v) is 5.31. The van der Waals surface area contributed by atoms with Crippen molar-refractivity contribution in [2.75, 3.05) is 25.0 Å². The highest BCUT2D eigenvalue weighted by Gasteiger charge is 2.35. The van der Waals surface area contributed by atoms with Gasteiger partial charge in [-0.25, -0.2) is 4.79 Å². The third kappa shape index (κ3) is 7.23. The summed E-state index contributed by atoms with van der Waals surface area (Å²) >= 11 is 0. The molecule has 3 aromatic carbocycles. The van der Waals surface area contributed by atoms with Crippen LogP contribution in [-0.4, -0.2) is 53.0 Å². The Morgan fingerprint density at radius 3 is 2.36 bits per heavy atom. The lowest BCUT2D eigenvalue weighted by Crippen LogP contribution is -2.42. The molecule has 0 unspecified atom stereocenters. The van der Waals surface area contributed by atoms with Gasteiger partial charge in [0.25, 0.3) is 0 Å². The number of rotatable bonds is 9. The van der Waals surface area contributed by atoms with Crippen LogP contribution in [0.2, 0.25) is 0 Å². The Morgan fingerprint density at radius 1 is 0.897 bits per heavy atom. The molecule has 3 aromatic rings. The maximum Gasteiger partial charge on any atom is 0.319 e. The third-order valence-electron chi connectivity index (χ3n) is 7.50. The molecule has 4 N–H and O–H groups in total. The van der Waals surface area contributed by atoms with E-state index in [1.807, 2.05) is 78.9 Å². The van der Waals surface area contributed by atoms with Crippen LogP contribution in [0.25, 0.3) is 0 Å². The van der Waals surface area contributed by atoms with E-state index in [1.165, 1.54) is 0 Å². The molecule has 206 valence electrons. The average molecular weight is 532 g/mol. The Hall–Kier alpha value is -3.27. The number of likely N-dealkylation sites (tertiary alicyclic amines) is 1. The molecule has 2 aliphatic heterocycles. The van der Waals surface area contributed by atoms with E-state index < -0.39 is 6.29 Å². The van der Waals surface area contributed by atoms with E-state index in [1.54, 1.807) is 0 Å². The largest absolute Gasteiger partial charge is 0.395 e. The highest BCUT2D eigenvalue weighted by atomic mass is 16.7. The first-order valence-corrected chi connectivity index (χ1v) is 13.7. The molecule has 0 radical (unpaired) electrons. The number of benzene rings is 3. The monoisotopic (exact) mass is 531 g/mol. The molecule has 0 aliphatic carbocycles. The van der Waals surface area contributed by atoms with Crippen molar-refractivity contribution >= 4 is 11.7 Å². The van der Waals surface area contributed by atoms with E-state index >= 15 is 0 Å². The van der Waals surface area contributed by atoms with E-state index in [-0.39, 0.29) is 37.5 Å². The fourth-order valence-electron chi connectivity index (χ4n) is 5.31. The van der Waals surface area contributed by atoms with Crippen molar-refractivity contribution in [1.29, 1.82) is 0 Å². The van der Waals surface area contributed by atoms with Gasteiger partial charge in [-0.2, -0.15) is 0 Å². The van der Waals surface area contributed by atoms with Gasteiger partial charge in [0.2, 0.25) is 0 Å². The first-order valence-electron chi connectivity index (χ1n) is 13.7. The third-order valence-corrected chi connectivity index (χ3v) is 7.50. The van der Waals surface area contributed by atoms with Gasteiger partial charge in [-0.3, -0.25) is 4.90 Å². The van der Waals surface area contributed by atoms with E-state index in [4.69, 9.17) is 9.47 Å². The predicted octanol–water partition coefficient (Wildman–Crippen LogP) is 4.50. The summed E-state index contributed by atoms with van der Waals surface area (Å²) < 4.78 is 12.9. The first kappa shape index (κ1) is 27.3. The van der Waals surface area contributed by atoms with E-state index in [9.17, 15) is 15.0 Å². The van der Waals surface area contributed by atoms with Crippen molar-refractivity contribution in [1.82, 2.24) is 10.2 Å². The van der Waals surface area contributed by atoms with Crippen molar-refractivity contribution in [3.8, 4) is 0 Å². The normalized spacial score (nSPS) is 23.4. The number of carbonyl (C=O) groups excluding carboxylic acids is 1. The molecular formula is C31H37N3O5. The van der Waals surface area contributed by atoms with Crippen LogP contribution in [0.1, 0.15) is 53.9 Å². The number of carbonyl (C=O) groups is 1. The van der Waals surface area contributed by atoms with Gasteiger partial charge in [0.05, 0.1) is 25.4 Å². The molecule has 0 aromatic heterocycles. The summed E-state index contributed by atoms with van der Waals surface area (Å²) in [6.07, 6.45) is 1.98. The summed E-state index contributed by atoms with van der Waals surface area (Å²) in [5, 5.41) is 25.0. The maximum atomic E-state index is 12.4. The Kier molecular flexibility index (Phi) is 9.23. The second-order valence-electron chi connectivity index (χ2n) is 10.2. The minimum Gasteiger partial charge on any atom is -0.395 e. The van der Waals surface area contributed by atoms with E-state index in [2.05, 4.69) is 15.5 Å². The van der Waals surface area contributed by atoms with Crippen LogP contribution in [0.4, 0.5) is 10.5 Å². The lowest BCUT2D eigenvalue weighted by atomic mass is 9.99. The number of aliphatic hydroxyl groups excluding tert-OH is 2. The molecule has 0 saturated carbocycles. The van der Waals surface area contributed by atoms with Gasteiger partial charge in [-0.1, -0.05) is 66.7 Å². The average Bonchev–Trinajstić information content (AvgIpc) is 3.44. The molecular weight excluding hydrogens is 494 g/mol. The van der Waals surface area contributed by atoms with Crippen molar-refractivity contribution in [2.24, 2.45) is 0 Å². The Labute approximate surface area is 229 Å². The lowest BCUT2D eigenvalue weighted by Gasteiger charge is -2.38. The van der Waals surface area contributed by atoms with Crippen molar-refractivity contribution in [3.63, 3.8) is 0 Å². The molecule has 5 rings (SSSR count). The Morgan fingerprint density at radius 2 is 1.64 bits per heavy atom. The number of amides is 2. The maximum absolute atomic E-state index is 12.4. The minimum atomic E-state index is -0.567. The fraction of sp³-hybridized carbons (Fsp3) is 0.387. The SMILES string of the molecule is O=C(NCc1ccccc1)Nc1ccc([C@@H]2O[C@H](CN3CCC[C@H]3CO)C[C@H](c3ccc(CO)cc3)O2)cc1. The van der Waals surface area contributed by atoms with Crippen LogP contribution in [0, 0.1) is 0 Å². The number of urea groups is 1. The zero-order valence-electron chi connectivity index (χ0n) is 22.0. The molecule has 2 fully saturated rings. The van der Waals surface area contributed by atoms with Gasteiger partial charge in [0, 0.05) is 36.8 Å². The van der Waals surface area contributed by atoms with Crippen LogP contribution in [0.15, 0.2) is 78.9 Å². The number of hydrogen-bond acceptors (Lipinski definition) is 6. The van der Waals surface area contributed by atoms with Crippen molar-refractivity contribution < 1.29 is 24.5 Å². The van der Waals surface area contributed by atoms with Crippen LogP contribution in [0.5, 0.6) is 0 Å². The van der Waals surface area contributed by atoms with Crippen LogP contribution < -0.4 is 10.6 Å². The molecule has 39 heavy (non-hydrogen) atoms. The van der Waals surface area contributed by atoms with Crippen LogP contribution in [0.3, 0.4) is 0 Å². The molecule has 4 atom stereocenters. The molecule has 2 saturated heterocycles. The highest BCUT2D eigenvalue weighted by Crippen LogP contribution is 2.39. The molecule has 8 nitrogen and oxygen atoms in total. The van der Waals surface area contributed by atoms with Gasteiger partial charge in [-0.05, 0) is 48.2 Å². The summed E-state index contributed by atoms with van der Waals surface area (Å²) in [6, 6.07) is 25.0. The van der Waals surface area contributed by atoms with Gasteiger partial charge in [0.1, 0.15) is 0 Å². The van der Waals surface area contributed by atoms with Gasteiger partial charge < -0.3 is 30.3 Å². The second-order valence-corrected chi connectivity index (χ2v) is 10.2. The summed E-state index contributed by atoms with van der Waals surface area (Å²) in [4.78, 5) is 14.7. The topological polar surface area (TPSA) is 103 Å². The molecule has 8 heteroatoms. The quantitative estimate of drug-likeness (QED) is 0.324. The highest BCUT2D eigenvalue weighted by molar-refractivity contribution is 5.89. The Balaban J connectivity index is 1.25. The molecule has 2 amide bonds. The molecule has 0 bridgehead atoms. The van der Waals surface area contributed by atoms with Crippen LogP contribution >= 0.6 is 0 Å². The van der Waals surface area contributed by atoms with Crippen LogP contribution in [-0.2, 0) is 22.6 Å². The number of nitrogens with zero attached hydrogens (tertiary/aromatic N) is 1. The lowest BCUT2D eigenvalue weighted by molar-refractivity contribution is -0.253. The van der Waals surface area contributed by atoms with Crippen molar-refractivity contribution in [2.45, 2.75) is 57.0 Å². The molecule has 2 aliphatic rings. The summed E-state index contributed by atoms with van der Waals surface area (Å²) in [5.41, 5.74) is 4.48. The smallest absolute Gasteiger partial charge is 0.319 e.